The Kier molecular flexibility index (Phi) is 13.0. The third-order valence-corrected chi connectivity index (χ3v) is 4.75. The van der Waals surface area contributed by atoms with Gasteiger partial charge in [-0.1, -0.05) is 38.1 Å². The molecule has 4 N–H and O–H groups in total. The first-order chi connectivity index (χ1) is 13.7. The van der Waals surface area contributed by atoms with Crippen LogP contribution in [0, 0.1) is 0 Å². The fourth-order valence-electron chi connectivity index (χ4n) is 2.87. The molecule has 8 heteroatoms. The molecule has 30 heavy (non-hydrogen) atoms. The number of guanidine groups is 1. The van der Waals surface area contributed by atoms with Crippen molar-refractivity contribution in [3.8, 4) is 0 Å². The third kappa shape index (κ3) is 9.97. The molecule has 0 saturated carbocycles. The number of nitrogens with one attached hydrogen (secondary N) is 3. The van der Waals surface area contributed by atoms with Crippen LogP contribution in [-0.2, 0) is 17.9 Å². The number of carbonyl (C=O) groups is 1. The van der Waals surface area contributed by atoms with Crippen LogP contribution in [-0.4, -0.2) is 41.4 Å². The van der Waals surface area contributed by atoms with Gasteiger partial charge in [0.15, 0.2) is 5.96 Å². The lowest BCUT2D eigenvalue weighted by molar-refractivity contribution is 0.0448. The smallest absolute Gasteiger partial charge is 0.408 e. The summed E-state index contributed by atoms with van der Waals surface area (Å²) >= 11 is 0. The van der Waals surface area contributed by atoms with Gasteiger partial charge >= 0.3 is 6.09 Å². The molecule has 0 bridgehead atoms. The van der Waals surface area contributed by atoms with Gasteiger partial charge in [-0.2, -0.15) is 0 Å². The number of aliphatic imine (C=N–C) groups is 1. The normalized spacial score (nSPS) is 12.0. The van der Waals surface area contributed by atoms with Gasteiger partial charge in [-0.3, -0.25) is 0 Å². The van der Waals surface area contributed by atoms with E-state index in [9.17, 15) is 9.90 Å². The minimum absolute atomic E-state index is 0. The van der Waals surface area contributed by atoms with Gasteiger partial charge in [0.25, 0.3) is 0 Å². The van der Waals surface area contributed by atoms with E-state index in [0.717, 1.165) is 30.5 Å². The lowest BCUT2D eigenvalue weighted by atomic mass is 9.93. The molecule has 7 nitrogen and oxygen atoms in total. The van der Waals surface area contributed by atoms with Crippen LogP contribution in [0.2, 0.25) is 0 Å². The minimum Gasteiger partial charge on any atom is -0.444 e. The van der Waals surface area contributed by atoms with Crippen molar-refractivity contribution in [3.05, 3.63) is 35.4 Å². The maximum absolute atomic E-state index is 12.3. The molecule has 1 aromatic carbocycles. The van der Waals surface area contributed by atoms with Gasteiger partial charge in [-0.15, -0.1) is 24.0 Å². The molecule has 0 unspecified atom stereocenters. The lowest BCUT2D eigenvalue weighted by Gasteiger charge is -2.34. The van der Waals surface area contributed by atoms with Crippen molar-refractivity contribution in [1.82, 2.24) is 16.0 Å². The monoisotopic (exact) mass is 534 g/mol. The van der Waals surface area contributed by atoms with Crippen molar-refractivity contribution in [2.24, 2.45) is 4.99 Å². The molecule has 1 rings (SSSR count). The number of halogens is 1. The fourth-order valence-corrected chi connectivity index (χ4v) is 2.87. The van der Waals surface area contributed by atoms with Gasteiger partial charge in [0.1, 0.15) is 5.60 Å². The van der Waals surface area contributed by atoms with Crippen molar-refractivity contribution < 1.29 is 14.6 Å². The lowest BCUT2D eigenvalue weighted by Crippen LogP contribution is -2.57. The molecule has 0 aliphatic heterocycles. The summed E-state index contributed by atoms with van der Waals surface area (Å²) in [4.78, 5) is 17.0. The summed E-state index contributed by atoms with van der Waals surface area (Å²) in [7, 11) is 0. The molecule has 1 amide bonds. The number of ether oxygens (including phenoxy) is 1. The second kappa shape index (κ2) is 13.7. The van der Waals surface area contributed by atoms with E-state index in [4.69, 9.17) is 4.74 Å². The molecule has 0 fully saturated rings. The molecule has 1 aromatic rings. The molecular formula is C22H39IN4O3. The number of rotatable bonds is 9. The summed E-state index contributed by atoms with van der Waals surface area (Å²) in [5.41, 5.74) is 0.870. The van der Waals surface area contributed by atoms with Gasteiger partial charge in [-0.05, 0) is 51.7 Å². The first-order valence-electron chi connectivity index (χ1n) is 10.4. The van der Waals surface area contributed by atoms with E-state index in [1.165, 1.54) is 0 Å². The molecule has 0 spiro atoms. The number of nitrogens with zero attached hydrogens (tertiary/aromatic N) is 1. The molecule has 172 valence electrons. The molecule has 0 aliphatic carbocycles. The van der Waals surface area contributed by atoms with Crippen LogP contribution in [0.3, 0.4) is 0 Å². The molecule has 0 aromatic heterocycles. The third-order valence-electron chi connectivity index (χ3n) is 4.75. The van der Waals surface area contributed by atoms with Crippen molar-refractivity contribution in [2.75, 3.05) is 13.1 Å². The largest absolute Gasteiger partial charge is 0.444 e. The maximum atomic E-state index is 12.3. The SMILES string of the molecule is CCNC(=NCc1ccccc1CO)NCC(CC)(CC)NC(=O)OC(C)(C)C.I. The predicted octanol–water partition coefficient (Wildman–Crippen LogP) is 3.94. The Morgan fingerprint density at radius 1 is 1.07 bits per heavy atom. The van der Waals surface area contributed by atoms with Crippen LogP contribution in [0.5, 0.6) is 0 Å². The second-order valence-corrected chi connectivity index (χ2v) is 8.09. The van der Waals surface area contributed by atoms with E-state index in [-0.39, 0.29) is 30.6 Å². The number of hydrogen-bond donors (Lipinski definition) is 4. The average molecular weight is 534 g/mol. The Hall–Kier alpha value is -1.55. The van der Waals surface area contributed by atoms with Crippen LogP contribution in [0.4, 0.5) is 4.79 Å². The molecular weight excluding hydrogens is 495 g/mol. The van der Waals surface area contributed by atoms with Crippen molar-refractivity contribution >= 4 is 36.0 Å². The zero-order chi connectivity index (χ0) is 21.9. The standard InChI is InChI=1S/C22H38N4O3.HI/c1-7-22(8-2,26-20(28)29-21(4,5)6)16-25-19(23-9-3)24-14-17-12-10-11-13-18(17)15-27;/h10-13,27H,7-9,14-16H2,1-6H3,(H,26,28)(H2,23,24,25);1H. The molecule has 0 radical (unpaired) electrons. The Balaban J connectivity index is 0.00000841. The van der Waals surface area contributed by atoms with E-state index in [2.05, 4.69) is 20.9 Å². The van der Waals surface area contributed by atoms with Gasteiger partial charge in [0, 0.05) is 13.1 Å². The first-order valence-corrected chi connectivity index (χ1v) is 10.4. The predicted molar refractivity (Wildman–Crippen MR) is 133 cm³/mol. The van der Waals surface area contributed by atoms with Crippen LogP contribution in [0.25, 0.3) is 0 Å². The molecule has 0 atom stereocenters. The van der Waals surface area contributed by atoms with Crippen LogP contribution in [0.15, 0.2) is 29.3 Å². The highest BCUT2D eigenvalue weighted by Crippen LogP contribution is 2.16. The zero-order valence-electron chi connectivity index (χ0n) is 19.2. The minimum atomic E-state index is -0.540. The topological polar surface area (TPSA) is 95.0 Å². The summed E-state index contributed by atoms with van der Waals surface area (Å²) in [6, 6.07) is 7.70. The zero-order valence-corrected chi connectivity index (χ0v) is 21.5. The van der Waals surface area contributed by atoms with Crippen molar-refractivity contribution in [2.45, 2.75) is 78.7 Å². The number of hydrogen-bond acceptors (Lipinski definition) is 4. The van der Waals surface area contributed by atoms with E-state index in [1.54, 1.807) is 0 Å². The Bertz CT molecular complexity index is 671. The van der Waals surface area contributed by atoms with Crippen LogP contribution in [0.1, 0.15) is 65.5 Å². The van der Waals surface area contributed by atoms with Crippen LogP contribution < -0.4 is 16.0 Å². The first kappa shape index (κ1) is 28.5. The number of carbonyl (C=O) groups excluding carboxylic acids is 1. The van der Waals surface area contributed by atoms with Gasteiger partial charge in [0.2, 0.25) is 0 Å². The Morgan fingerprint density at radius 2 is 1.67 bits per heavy atom. The molecule has 0 heterocycles. The Labute approximate surface area is 198 Å². The summed E-state index contributed by atoms with van der Waals surface area (Å²) in [5.74, 6) is 0.664. The average Bonchev–Trinajstić information content (AvgIpc) is 2.67. The van der Waals surface area contributed by atoms with Gasteiger partial charge < -0.3 is 25.8 Å². The van der Waals surface area contributed by atoms with E-state index in [1.807, 2.05) is 65.8 Å². The van der Waals surface area contributed by atoms with E-state index >= 15 is 0 Å². The van der Waals surface area contributed by atoms with E-state index < -0.39 is 17.2 Å². The number of aliphatic hydroxyl groups is 1. The summed E-state index contributed by atoms with van der Waals surface area (Å²) in [6.45, 7) is 13.3. The quantitative estimate of drug-likeness (QED) is 0.219. The highest BCUT2D eigenvalue weighted by Gasteiger charge is 2.30. The van der Waals surface area contributed by atoms with Gasteiger partial charge in [0.05, 0.1) is 18.7 Å². The number of aliphatic hydroxyl groups excluding tert-OH is 1. The summed E-state index contributed by atoms with van der Waals surface area (Å²) in [5, 5.41) is 19.1. The van der Waals surface area contributed by atoms with Gasteiger partial charge in [-0.25, -0.2) is 9.79 Å². The summed E-state index contributed by atoms with van der Waals surface area (Å²) in [6.07, 6.45) is 1.09. The maximum Gasteiger partial charge on any atom is 0.408 e. The highest BCUT2D eigenvalue weighted by molar-refractivity contribution is 14.0. The Morgan fingerprint density at radius 3 is 2.17 bits per heavy atom. The fraction of sp³-hybridized carbons (Fsp3) is 0.636. The highest BCUT2D eigenvalue weighted by atomic mass is 127. The van der Waals surface area contributed by atoms with Crippen molar-refractivity contribution in [1.29, 1.82) is 0 Å². The number of amides is 1. The number of alkyl carbamates (subject to hydrolysis) is 1. The molecule has 0 saturated heterocycles. The van der Waals surface area contributed by atoms with E-state index in [0.29, 0.717) is 19.0 Å². The summed E-state index contributed by atoms with van der Waals surface area (Å²) < 4.78 is 5.43. The van der Waals surface area contributed by atoms with Crippen LogP contribution >= 0.6 is 24.0 Å². The molecule has 0 aliphatic rings. The van der Waals surface area contributed by atoms with Crippen molar-refractivity contribution in [3.63, 3.8) is 0 Å². The second-order valence-electron chi connectivity index (χ2n) is 8.09. The number of benzene rings is 1.